The predicted octanol–water partition coefficient (Wildman–Crippen LogP) is 1.84. The molecule has 1 aromatic carbocycles. The third kappa shape index (κ3) is 2.76. The van der Waals surface area contributed by atoms with Crippen LogP contribution >= 0.6 is 11.3 Å². The molecule has 0 radical (unpaired) electrons. The van der Waals surface area contributed by atoms with Crippen molar-refractivity contribution >= 4 is 38.9 Å². The van der Waals surface area contributed by atoms with Gasteiger partial charge in [-0.15, -0.1) is 11.3 Å². The molecule has 2 aromatic heterocycles. The van der Waals surface area contributed by atoms with Crippen molar-refractivity contribution in [1.29, 1.82) is 0 Å². The molecule has 0 saturated heterocycles. The molecule has 1 N–H and O–H groups in total. The number of nitrogens with zero attached hydrogens (tertiary/aromatic N) is 3. The quantitative estimate of drug-likeness (QED) is 0.740. The number of hydrogen-bond acceptors (Lipinski definition) is 6. The summed E-state index contributed by atoms with van der Waals surface area (Å²) in [6, 6.07) is 6.78. The first kappa shape index (κ1) is 15.0. The lowest BCUT2D eigenvalue weighted by atomic mass is 10.1. The summed E-state index contributed by atoms with van der Waals surface area (Å²) in [7, 11) is 1.49. The van der Waals surface area contributed by atoms with Crippen molar-refractivity contribution in [3.63, 3.8) is 0 Å². The molecule has 0 unspecified atom stereocenters. The van der Waals surface area contributed by atoms with Gasteiger partial charge in [-0.05, 0) is 6.07 Å². The number of benzene rings is 1. The average Bonchev–Trinajstić information content (AvgIpc) is 2.99. The Morgan fingerprint density at radius 3 is 2.57 bits per heavy atom. The highest BCUT2D eigenvalue weighted by molar-refractivity contribution is 7.14. The maximum atomic E-state index is 12.5. The second-order valence-corrected chi connectivity index (χ2v) is 5.73. The second-order valence-electron chi connectivity index (χ2n) is 4.87. The molecule has 116 valence electrons. The van der Waals surface area contributed by atoms with E-state index < -0.39 is 5.91 Å². The van der Waals surface area contributed by atoms with Gasteiger partial charge in [0.15, 0.2) is 16.6 Å². The van der Waals surface area contributed by atoms with Crippen LogP contribution in [0.5, 0.6) is 0 Å². The number of amides is 1. The van der Waals surface area contributed by atoms with Gasteiger partial charge in [0.05, 0.1) is 5.39 Å². The van der Waals surface area contributed by atoms with E-state index in [1.807, 2.05) is 0 Å². The fraction of sp³-hybridized carbons (Fsp3) is 0.133. The fourth-order valence-corrected chi connectivity index (χ4v) is 2.86. The summed E-state index contributed by atoms with van der Waals surface area (Å²) in [5.41, 5.74) is 0.149. The van der Waals surface area contributed by atoms with Gasteiger partial charge in [0.25, 0.3) is 11.5 Å². The number of anilines is 1. The minimum Gasteiger partial charge on any atom is -0.296 e. The Balaban J connectivity index is 2.02. The van der Waals surface area contributed by atoms with Crippen LogP contribution in [0.15, 0.2) is 34.4 Å². The van der Waals surface area contributed by atoms with E-state index in [4.69, 9.17) is 0 Å². The summed E-state index contributed by atoms with van der Waals surface area (Å²) < 4.78 is 1.13. The maximum Gasteiger partial charge on any atom is 0.278 e. The summed E-state index contributed by atoms with van der Waals surface area (Å²) in [5, 5.41) is 9.42. The molecule has 3 rings (SSSR count). The summed E-state index contributed by atoms with van der Waals surface area (Å²) >= 11 is 1.15. The third-order valence-corrected chi connectivity index (χ3v) is 4.01. The van der Waals surface area contributed by atoms with Gasteiger partial charge in [-0.25, -0.2) is 9.67 Å². The summed E-state index contributed by atoms with van der Waals surface area (Å²) in [6.07, 6.45) is 0. The number of fused-ring (bicyclic) bond motifs is 1. The molecule has 23 heavy (non-hydrogen) atoms. The highest BCUT2D eigenvalue weighted by atomic mass is 32.1. The summed E-state index contributed by atoms with van der Waals surface area (Å²) in [4.78, 5) is 39.8. The Morgan fingerprint density at radius 2 is 1.91 bits per heavy atom. The molecule has 1 amide bonds. The summed E-state index contributed by atoms with van der Waals surface area (Å²) in [5.74, 6) is -0.659. The number of nitrogens with one attached hydrogen (secondary N) is 1. The Bertz CT molecular complexity index is 990. The Labute approximate surface area is 134 Å². The zero-order valence-corrected chi connectivity index (χ0v) is 13.2. The molecule has 0 aliphatic heterocycles. The van der Waals surface area contributed by atoms with Crippen LogP contribution in [0.4, 0.5) is 5.13 Å². The van der Waals surface area contributed by atoms with Crippen LogP contribution in [0.1, 0.15) is 27.9 Å². The maximum absolute atomic E-state index is 12.5. The molecule has 3 aromatic rings. The van der Waals surface area contributed by atoms with Crippen molar-refractivity contribution < 1.29 is 9.59 Å². The van der Waals surface area contributed by atoms with E-state index >= 15 is 0 Å². The van der Waals surface area contributed by atoms with Gasteiger partial charge in [0, 0.05) is 24.7 Å². The molecular formula is C15H12N4O3S. The van der Waals surface area contributed by atoms with Crippen molar-refractivity contribution in [3.8, 4) is 0 Å². The van der Waals surface area contributed by atoms with Gasteiger partial charge in [-0.2, -0.15) is 5.10 Å². The first-order valence-corrected chi connectivity index (χ1v) is 7.59. The molecule has 8 heteroatoms. The highest BCUT2D eigenvalue weighted by Gasteiger charge is 2.17. The van der Waals surface area contributed by atoms with Crippen molar-refractivity contribution in [1.82, 2.24) is 14.8 Å². The number of ketones is 1. The zero-order valence-electron chi connectivity index (χ0n) is 12.4. The predicted molar refractivity (Wildman–Crippen MR) is 87.1 cm³/mol. The highest BCUT2D eigenvalue weighted by Crippen LogP contribution is 2.18. The molecule has 0 aliphatic carbocycles. The van der Waals surface area contributed by atoms with Crippen LogP contribution in [-0.2, 0) is 7.05 Å². The zero-order chi connectivity index (χ0) is 16.6. The normalized spacial score (nSPS) is 10.7. The number of carbonyl (C=O) groups is 2. The van der Waals surface area contributed by atoms with Crippen LogP contribution in [0.2, 0.25) is 0 Å². The molecule has 0 fully saturated rings. The molecule has 2 heterocycles. The Kier molecular flexibility index (Phi) is 3.75. The fourth-order valence-electron chi connectivity index (χ4n) is 2.12. The van der Waals surface area contributed by atoms with Crippen molar-refractivity contribution in [2.24, 2.45) is 7.05 Å². The van der Waals surface area contributed by atoms with E-state index in [-0.39, 0.29) is 17.0 Å². The molecule has 0 atom stereocenters. The number of carbonyl (C=O) groups excluding carboxylic acids is 2. The lowest BCUT2D eigenvalue weighted by Gasteiger charge is -2.07. The first-order chi connectivity index (χ1) is 11.0. The number of Topliss-reactive ketones (excluding diaryl/α,β-unsaturated/α-hetero) is 1. The van der Waals surface area contributed by atoms with Crippen molar-refractivity contribution in [2.45, 2.75) is 6.92 Å². The molecule has 0 bridgehead atoms. The second kappa shape index (κ2) is 5.73. The van der Waals surface area contributed by atoms with Crippen LogP contribution in [0.3, 0.4) is 0 Å². The molecule has 0 aliphatic rings. The molecule has 0 spiro atoms. The van der Waals surface area contributed by atoms with Crippen LogP contribution < -0.4 is 10.9 Å². The van der Waals surface area contributed by atoms with E-state index in [1.54, 1.807) is 29.6 Å². The van der Waals surface area contributed by atoms with Crippen LogP contribution in [0.25, 0.3) is 10.8 Å². The number of aryl methyl sites for hydroxylation is 1. The van der Waals surface area contributed by atoms with E-state index in [0.29, 0.717) is 21.6 Å². The number of aromatic nitrogens is 3. The molecule has 0 saturated carbocycles. The van der Waals surface area contributed by atoms with Crippen LogP contribution in [-0.4, -0.2) is 26.5 Å². The van der Waals surface area contributed by atoms with E-state index in [1.165, 1.54) is 14.0 Å². The minimum absolute atomic E-state index is 0.127. The van der Waals surface area contributed by atoms with E-state index in [9.17, 15) is 14.4 Å². The number of thiazole rings is 1. The van der Waals surface area contributed by atoms with Crippen molar-refractivity contribution in [2.75, 3.05) is 5.32 Å². The topological polar surface area (TPSA) is 94.0 Å². The molecule has 7 nitrogen and oxygen atoms in total. The number of hydrogen-bond donors (Lipinski definition) is 1. The summed E-state index contributed by atoms with van der Waals surface area (Å²) in [6.45, 7) is 1.41. The van der Waals surface area contributed by atoms with Gasteiger partial charge in [-0.1, -0.05) is 18.2 Å². The lowest BCUT2D eigenvalue weighted by molar-refractivity contribution is 0.100. The van der Waals surface area contributed by atoms with Gasteiger partial charge >= 0.3 is 0 Å². The largest absolute Gasteiger partial charge is 0.296 e. The van der Waals surface area contributed by atoms with Crippen LogP contribution in [0, 0.1) is 0 Å². The first-order valence-electron chi connectivity index (χ1n) is 6.71. The minimum atomic E-state index is -0.485. The van der Waals surface area contributed by atoms with Gasteiger partial charge in [0.2, 0.25) is 0 Å². The van der Waals surface area contributed by atoms with E-state index in [2.05, 4.69) is 15.4 Å². The molecular weight excluding hydrogens is 316 g/mol. The van der Waals surface area contributed by atoms with E-state index in [0.717, 1.165) is 16.0 Å². The third-order valence-electron chi connectivity index (χ3n) is 3.26. The lowest BCUT2D eigenvalue weighted by Crippen LogP contribution is -2.25. The monoisotopic (exact) mass is 328 g/mol. The Hall–Kier alpha value is -2.87. The Morgan fingerprint density at radius 1 is 1.22 bits per heavy atom. The van der Waals surface area contributed by atoms with Gasteiger partial charge < -0.3 is 0 Å². The smallest absolute Gasteiger partial charge is 0.278 e. The SMILES string of the molecule is CC(=O)c1csc(NC(=O)c2nn(C)c(=O)c3ccccc23)n1. The number of rotatable bonds is 3. The van der Waals surface area contributed by atoms with Gasteiger partial charge in [-0.3, -0.25) is 19.7 Å². The van der Waals surface area contributed by atoms with Crippen molar-refractivity contribution in [3.05, 3.63) is 51.4 Å². The standard InChI is InChI=1S/C15H12N4O3S/c1-8(20)11-7-23-15(16-11)17-13(21)12-9-5-3-4-6-10(9)14(22)19(2)18-12/h3-7H,1-2H3,(H,16,17,21). The average molecular weight is 328 g/mol. The van der Waals surface area contributed by atoms with Gasteiger partial charge in [0.1, 0.15) is 5.69 Å².